The van der Waals surface area contributed by atoms with Crippen LogP contribution in [-0.2, 0) is 0 Å². The van der Waals surface area contributed by atoms with Gasteiger partial charge in [-0.05, 0) is 18.3 Å². The van der Waals surface area contributed by atoms with E-state index in [4.69, 9.17) is 5.73 Å². The quantitative estimate of drug-likeness (QED) is 0.844. The van der Waals surface area contributed by atoms with Crippen LogP contribution in [-0.4, -0.2) is 27.5 Å². The summed E-state index contributed by atoms with van der Waals surface area (Å²) in [7, 11) is 0. The van der Waals surface area contributed by atoms with Crippen molar-refractivity contribution in [3.63, 3.8) is 0 Å². The van der Waals surface area contributed by atoms with E-state index in [1.165, 1.54) is 37.9 Å². The van der Waals surface area contributed by atoms with Crippen molar-refractivity contribution < 1.29 is 0 Å². The highest BCUT2D eigenvalue weighted by Crippen LogP contribution is 2.42. The van der Waals surface area contributed by atoms with E-state index in [0.29, 0.717) is 11.3 Å². The Morgan fingerprint density at radius 2 is 1.89 bits per heavy atom. The SMILES string of the molecule is CCC1CCCCC1C(N)C1CSC(C)C(C)S1. The van der Waals surface area contributed by atoms with Gasteiger partial charge in [-0.15, -0.1) is 0 Å². The molecule has 2 rings (SSSR count). The zero-order valence-corrected chi connectivity index (χ0v) is 13.7. The molecule has 1 heterocycles. The molecule has 6 atom stereocenters. The standard InChI is InChI=1S/C15H29NS2/c1-4-12-7-5-6-8-13(12)15(16)14-9-17-10(2)11(3)18-14/h10-15H,4-9,16H2,1-3H3. The van der Waals surface area contributed by atoms with Gasteiger partial charge >= 0.3 is 0 Å². The predicted molar refractivity (Wildman–Crippen MR) is 86.5 cm³/mol. The Hall–Kier alpha value is 0.660. The van der Waals surface area contributed by atoms with Gasteiger partial charge in [-0.1, -0.05) is 46.5 Å². The minimum Gasteiger partial charge on any atom is -0.326 e. The monoisotopic (exact) mass is 287 g/mol. The Bertz CT molecular complexity index is 259. The van der Waals surface area contributed by atoms with Gasteiger partial charge in [0.15, 0.2) is 0 Å². The Morgan fingerprint density at radius 1 is 1.17 bits per heavy atom. The van der Waals surface area contributed by atoms with E-state index in [2.05, 4.69) is 44.3 Å². The first-order chi connectivity index (χ1) is 8.63. The molecule has 6 unspecified atom stereocenters. The van der Waals surface area contributed by atoms with Gasteiger partial charge in [-0.3, -0.25) is 0 Å². The van der Waals surface area contributed by atoms with Crippen LogP contribution in [0.1, 0.15) is 52.9 Å². The number of nitrogens with two attached hydrogens (primary N) is 1. The summed E-state index contributed by atoms with van der Waals surface area (Å²) in [4.78, 5) is 0. The summed E-state index contributed by atoms with van der Waals surface area (Å²) in [5, 5.41) is 2.26. The fourth-order valence-electron chi connectivity index (χ4n) is 3.54. The van der Waals surface area contributed by atoms with Crippen molar-refractivity contribution >= 4 is 23.5 Å². The first kappa shape index (κ1) is 15.1. The van der Waals surface area contributed by atoms with Gasteiger partial charge in [0.1, 0.15) is 0 Å². The molecule has 0 radical (unpaired) electrons. The van der Waals surface area contributed by atoms with E-state index in [-0.39, 0.29) is 0 Å². The first-order valence-electron chi connectivity index (χ1n) is 7.66. The van der Waals surface area contributed by atoms with Gasteiger partial charge in [-0.2, -0.15) is 23.5 Å². The lowest BCUT2D eigenvalue weighted by Gasteiger charge is -2.41. The van der Waals surface area contributed by atoms with Crippen LogP contribution < -0.4 is 5.73 Å². The van der Waals surface area contributed by atoms with E-state index < -0.39 is 0 Å². The molecule has 2 fully saturated rings. The molecule has 1 aliphatic heterocycles. The van der Waals surface area contributed by atoms with Crippen molar-refractivity contribution in [2.24, 2.45) is 17.6 Å². The largest absolute Gasteiger partial charge is 0.326 e. The van der Waals surface area contributed by atoms with Crippen molar-refractivity contribution in [1.29, 1.82) is 0 Å². The Labute approximate surface area is 121 Å². The Kier molecular flexibility index (Phi) is 5.77. The summed E-state index contributed by atoms with van der Waals surface area (Å²) in [5.74, 6) is 2.96. The molecule has 0 aromatic carbocycles. The molecular formula is C15H29NS2. The van der Waals surface area contributed by atoms with Crippen molar-refractivity contribution in [3.05, 3.63) is 0 Å². The van der Waals surface area contributed by atoms with Gasteiger partial charge < -0.3 is 5.73 Å². The summed E-state index contributed by atoms with van der Waals surface area (Å²) in [6, 6.07) is 0.433. The normalized spacial score (nSPS) is 43.7. The molecule has 0 amide bonds. The molecule has 106 valence electrons. The second kappa shape index (κ2) is 6.90. The molecule has 1 nitrogen and oxygen atoms in total. The first-order valence-corrected chi connectivity index (χ1v) is 9.65. The smallest absolute Gasteiger partial charge is 0.0295 e. The van der Waals surface area contributed by atoms with Crippen LogP contribution >= 0.6 is 23.5 Å². The minimum absolute atomic E-state index is 0.433. The Balaban J connectivity index is 1.95. The van der Waals surface area contributed by atoms with Crippen molar-refractivity contribution in [2.75, 3.05) is 5.75 Å². The van der Waals surface area contributed by atoms with E-state index in [1.807, 2.05) is 0 Å². The molecule has 0 bridgehead atoms. The third kappa shape index (κ3) is 3.40. The van der Waals surface area contributed by atoms with Crippen LogP contribution in [0.4, 0.5) is 0 Å². The topological polar surface area (TPSA) is 26.0 Å². The van der Waals surface area contributed by atoms with E-state index >= 15 is 0 Å². The van der Waals surface area contributed by atoms with E-state index in [0.717, 1.165) is 22.3 Å². The summed E-state index contributed by atoms with van der Waals surface area (Å²) < 4.78 is 0. The lowest BCUT2D eigenvalue weighted by Crippen LogP contribution is -2.47. The maximum atomic E-state index is 6.66. The van der Waals surface area contributed by atoms with Gasteiger partial charge in [-0.25, -0.2) is 0 Å². The summed E-state index contributed by atoms with van der Waals surface area (Å²) >= 11 is 4.30. The van der Waals surface area contributed by atoms with Crippen LogP contribution in [0.2, 0.25) is 0 Å². The highest BCUT2D eigenvalue weighted by molar-refractivity contribution is 8.07. The fourth-order valence-corrected chi connectivity index (χ4v) is 6.66. The molecule has 2 N–H and O–H groups in total. The average molecular weight is 288 g/mol. The average Bonchev–Trinajstić information content (AvgIpc) is 2.41. The number of hydrogen-bond donors (Lipinski definition) is 1. The fraction of sp³-hybridized carbons (Fsp3) is 1.00. The molecule has 0 aromatic heterocycles. The minimum atomic E-state index is 0.433. The number of hydrogen-bond acceptors (Lipinski definition) is 3. The van der Waals surface area contributed by atoms with Crippen LogP contribution in [0, 0.1) is 11.8 Å². The van der Waals surface area contributed by atoms with Crippen molar-refractivity contribution in [3.8, 4) is 0 Å². The highest BCUT2D eigenvalue weighted by Gasteiger charge is 2.36. The maximum Gasteiger partial charge on any atom is 0.0295 e. The highest BCUT2D eigenvalue weighted by atomic mass is 32.2. The van der Waals surface area contributed by atoms with Crippen LogP contribution in [0.5, 0.6) is 0 Å². The van der Waals surface area contributed by atoms with Gasteiger partial charge in [0.25, 0.3) is 0 Å². The third-order valence-electron chi connectivity index (χ3n) is 4.99. The summed E-state index contributed by atoms with van der Waals surface area (Å²) in [6.07, 6.45) is 6.97. The van der Waals surface area contributed by atoms with Gasteiger partial charge in [0.2, 0.25) is 0 Å². The molecule has 3 heteroatoms. The van der Waals surface area contributed by atoms with Gasteiger partial charge in [0, 0.05) is 27.5 Å². The molecule has 1 saturated heterocycles. The molecule has 0 spiro atoms. The molecule has 18 heavy (non-hydrogen) atoms. The van der Waals surface area contributed by atoms with Crippen molar-refractivity contribution in [2.45, 2.75) is 74.7 Å². The number of rotatable bonds is 3. The van der Waals surface area contributed by atoms with Crippen LogP contribution in [0.15, 0.2) is 0 Å². The third-order valence-corrected chi connectivity index (χ3v) is 8.53. The lowest BCUT2D eigenvalue weighted by atomic mass is 9.73. The molecule has 1 saturated carbocycles. The molecular weight excluding hydrogens is 258 g/mol. The maximum absolute atomic E-state index is 6.66. The molecule has 1 aliphatic carbocycles. The predicted octanol–water partition coefficient (Wildman–Crippen LogP) is 4.16. The Morgan fingerprint density at radius 3 is 2.56 bits per heavy atom. The van der Waals surface area contributed by atoms with Gasteiger partial charge in [0.05, 0.1) is 0 Å². The zero-order chi connectivity index (χ0) is 13.1. The summed E-state index contributed by atoms with van der Waals surface area (Å²) in [5.41, 5.74) is 6.66. The lowest BCUT2D eigenvalue weighted by molar-refractivity contribution is 0.195. The van der Waals surface area contributed by atoms with Crippen molar-refractivity contribution in [1.82, 2.24) is 0 Å². The second-order valence-electron chi connectivity index (χ2n) is 6.11. The van der Waals surface area contributed by atoms with Crippen LogP contribution in [0.25, 0.3) is 0 Å². The number of thioether (sulfide) groups is 2. The van der Waals surface area contributed by atoms with E-state index in [1.54, 1.807) is 0 Å². The molecule has 0 aromatic rings. The van der Waals surface area contributed by atoms with E-state index in [9.17, 15) is 0 Å². The summed E-state index contributed by atoms with van der Waals surface area (Å²) in [6.45, 7) is 7.09. The van der Waals surface area contributed by atoms with Crippen LogP contribution in [0.3, 0.4) is 0 Å². The molecule has 2 aliphatic rings. The zero-order valence-electron chi connectivity index (χ0n) is 12.1. The second-order valence-corrected chi connectivity index (χ2v) is 9.14.